The van der Waals surface area contributed by atoms with Crippen molar-refractivity contribution in [3.05, 3.63) is 71.5 Å². The SMILES string of the molecule is COc1ccc(-c2ccnc3c2c(C)nn3CC(=O)Nc2cc(C)cc(C)c2)cc1. The van der Waals surface area contributed by atoms with Gasteiger partial charge in [-0.25, -0.2) is 9.67 Å². The molecule has 0 fully saturated rings. The van der Waals surface area contributed by atoms with Crippen LogP contribution in [0.1, 0.15) is 16.8 Å². The largest absolute Gasteiger partial charge is 0.497 e. The van der Waals surface area contributed by atoms with Gasteiger partial charge in [-0.1, -0.05) is 18.2 Å². The van der Waals surface area contributed by atoms with Gasteiger partial charge in [-0.2, -0.15) is 5.10 Å². The first-order chi connectivity index (χ1) is 14.4. The number of nitrogens with zero attached hydrogens (tertiary/aromatic N) is 3. The van der Waals surface area contributed by atoms with Crippen LogP contribution < -0.4 is 10.1 Å². The van der Waals surface area contributed by atoms with Gasteiger partial charge in [0, 0.05) is 17.3 Å². The zero-order chi connectivity index (χ0) is 21.3. The van der Waals surface area contributed by atoms with E-state index in [1.807, 2.05) is 63.2 Å². The summed E-state index contributed by atoms with van der Waals surface area (Å²) in [4.78, 5) is 17.2. The molecule has 0 aliphatic heterocycles. The van der Waals surface area contributed by atoms with Gasteiger partial charge >= 0.3 is 0 Å². The summed E-state index contributed by atoms with van der Waals surface area (Å²) < 4.78 is 6.92. The number of nitrogens with one attached hydrogen (secondary N) is 1. The standard InChI is InChI=1S/C24H24N4O2/c1-15-11-16(2)13-19(12-15)26-22(29)14-28-24-23(17(3)27-28)21(9-10-25-24)18-5-7-20(30-4)8-6-18/h5-13H,14H2,1-4H3,(H,26,29). The minimum atomic E-state index is -0.138. The molecule has 152 valence electrons. The minimum absolute atomic E-state index is 0.0936. The number of fused-ring (bicyclic) bond motifs is 1. The number of aryl methyl sites for hydroxylation is 3. The van der Waals surface area contributed by atoms with E-state index in [9.17, 15) is 4.79 Å². The molecule has 0 spiro atoms. The summed E-state index contributed by atoms with van der Waals surface area (Å²) in [5, 5.41) is 8.50. The summed E-state index contributed by atoms with van der Waals surface area (Å²) in [6, 6.07) is 15.8. The molecule has 0 bridgehead atoms. The van der Waals surface area contributed by atoms with Crippen molar-refractivity contribution in [1.82, 2.24) is 14.8 Å². The lowest BCUT2D eigenvalue weighted by molar-refractivity contribution is -0.116. The van der Waals surface area contributed by atoms with E-state index in [0.29, 0.717) is 5.65 Å². The first kappa shape index (κ1) is 19.6. The molecule has 2 aromatic heterocycles. The molecule has 4 rings (SSSR count). The first-order valence-corrected chi connectivity index (χ1v) is 9.79. The highest BCUT2D eigenvalue weighted by molar-refractivity contribution is 5.96. The fourth-order valence-electron chi connectivity index (χ4n) is 3.79. The van der Waals surface area contributed by atoms with Crippen molar-refractivity contribution in [3.63, 3.8) is 0 Å². The first-order valence-electron chi connectivity index (χ1n) is 9.79. The highest BCUT2D eigenvalue weighted by atomic mass is 16.5. The fraction of sp³-hybridized carbons (Fsp3) is 0.208. The third-order valence-corrected chi connectivity index (χ3v) is 5.01. The van der Waals surface area contributed by atoms with Crippen LogP contribution in [-0.2, 0) is 11.3 Å². The smallest absolute Gasteiger partial charge is 0.246 e. The van der Waals surface area contributed by atoms with Crippen LogP contribution in [0.4, 0.5) is 5.69 Å². The van der Waals surface area contributed by atoms with Crippen LogP contribution >= 0.6 is 0 Å². The molecule has 0 aliphatic rings. The molecule has 0 saturated carbocycles. The Bertz CT molecular complexity index is 1210. The second-order valence-corrected chi connectivity index (χ2v) is 7.45. The molecule has 0 radical (unpaired) electrons. The quantitative estimate of drug-likeness (QED) is 0.528. The van der Waals surface area contributed by atoms with Crippen LogP contribution in [0.2, 0.25) is 0 Å². The molecule has 30 heavy (non-hydrogen) atoms. The van der Waals surface area contributed by atoms with Crippen molar-refractivity contribution in [2.75, 3.05) is 12.4 Å². The van der Waals surface area contributed by atoms with E-state index in [1.165, 1.54) is 0 Å². The number of ether oxygens (including phenoxy) is 1. The second kappa shape index (κ2) is 7.99. The summed E-state index contributed by atoms with van der Waals surface area (Å²) >= 11 is 0. The number of hydrogen-bond donors (Lipinski definition) is 1. The highest BCUT2D eigenvalue weighted by Crippen LogP contribution is 2.30. The number of anilines is 1. The van der Waals surface area contributed by atoms with E-state index >= 15 is 0 Å². The average Bonchev–Trinajstić information content (AvgIpc) is 3.03. The lowest BCUT2D eigenvalue weighted by Gasteiger charge is -2.09. The summed E-state index contributed by atoms with van der Waals surface area (Å²) in [7, 11) is 1.65. The van der Waals surface area contributed by atoms with Gasteiger partial charge in [-0.3, -0.25) is 4.79 Å². The Hall–Kier alpha value is -3.67. The summed E-state index contributed by atoms with van der Waals surface area (Å²) in [6.45, 7) is 6.06. The molecule has 0 atom stereocenters. The Morgan fingerprint density at radius 1 is 1.03 bits per heavy atom. The Balaban J connectivity index is 1.64. The van der Waals surface area contributed by atoms with Crippen LogP contribution in [0.3, 0.4) is 0 Å². The van der Waals surface area contributed by atoms with Crippen molar-refractivity contribution in [2.24, 2.45) is 0 Å². The fourth-order valence-corrected chi connectivity index (χ4v) is 3.79. The van der Waals surface area contributed by atoms with Gasteiger partial charge in [0.25, 0.3) is 0 Å². The number of carbonyl (C=O) groups is 1. The monoisotopic (exact) mass is 400 g/mol. The zero-order valence-electron chi connectivity index (χ0n) is 17.6. The van der Waals surface area contributed by atoms with Crippen molar-refractivity contribution < 1.29 is 9.53 Å². The molecule has 2 aromatic carbocycles. The van der Waals surface area contributed by atoms with E-state index in [4.69, 9.17) is 4.74 Å². The lowest BCUT2D eigenvalue weighted by Crippen LogP contribution is -2.20. The Kier molecular flexibility index (Phi) is 5.23. The number of amides is 1. The van der Waals surface area contributed by atoms with Crippen LogP contribution in [0.15, 0.2) is 54.7 Å². The Morgan fingerprint density at radius 3 is 2.40 bits per heavy atom. The molecule has 6 nitrogen and oxygen atoms in total. The molecule has 1 N–H and O–H groups in total. The van der Waals surface area contributed by atoms with Gasteiger partial charge in [-0.05, 0) is 73.4 Å². The molecule has 6 heteroatoms. The van der Waals surface area contributed by atoms with E-state index < -0.39 is 0 Å². The van der Waals surface area contributed by atoms with E-state index in [2.05, 4.69) is 21.5 Å². The minimum Gasteiger partial charge on any atom is -0.497 e. The van der Waals surface area contributed by atoms with E-state index in [0.717, 1.165) is 44.8 Å². The number of pyridine rings is 1. The van der Waals surface area contributed by atoms with Gasteiger partial charge in [0.2, 0.25) is 5.91 Å². The van der Waals surface area contributed by atoms with E-state index in [1.54, 1.807) is 18.0 Å². The maximum atomic E-state index is 12.7. The highest BCUT2D eigenvalue weighted by Gasteiger charge is 2.16. The number of rotatable bonds is 5. The third kappa shape index (κ3) is 3.89. The molecule has 0 saturated heterocycles. The second-order valence-electron chi connectivity index (χ2n) is 7.45. The zero-order valence-corrected chi connectivity index (χ0v) is 17.6. The van der Waals surface area contributed by atoms with Gasteiger partial charge in [0.05, 0.1) is 12.8 Å². The van der Waals surface area contributed by atoms with Crippen LogP contribution in [0.25, 0.3) is 22.2 Å². The molecule has 1 amide bonds. The Morgan fingerprint density at radius 2 is 1.73 bits per heavy atom. The normalized spacial score (nSPS) is 10.9. The maximum Gasteiger partial charge on any atom is 0.246 e. The van der Waals surface area contributed by atoms with Crippen molar-refractivity contribution in [3.8, 4) is 16.9 Å². The van der Waals surface area contributed by atoms with Crippen molar-refractivity contribution in [2.45, 2.75) is 27.3 Å². The summed E-state index contributed by atoms with van der Waals surface area (Å²) in [5.41, 5.74) is 6.61. The lowest BCUT2D eigenvalue weighted by atomic mass is 10.0. The molecule has 4 aromatic rings. The molecular formula is C24H24N4O2. The van der Waals surface area contributed by atoms with E-state index in [-0.39, 0.29) is 12.5 Å². The Labute approximate surface area is 175 Å². The third-order valence-electron chi connectivity index (χ3n) is 5.01. The number of benzene rings is 2. The topological polar surface area (TPSA) is 69.0 Å². The molecule has 2 heterocycles. The summed E-state index contributed by atoms with van der Waals surface area (Å²) in [6.07, 6.45) is 1.75. The predicted molar refractivity (Wildman–Crippen MR) is 119 cm³/mol. The number of carbonyl (C=O) groups excluding carboxylic acids is 1. The molecular weight excluding hydrogens is 376 g/mol. The van der Waals surface area contributed by atoms with Gasteiger partial charge in [0.1, 0.15) is 12.3 Å². The predicted octanol–water partition coefficient (Wildman–Crippen LogP) is 4.67. The number of methoxy groups -OCH3 is 1. The number of hydrogen-bond acceptors (Lipinski definition) is 4. The van der Waals surface area contributed by atoms with Crippen LogP contribution in [-0.4, -0.2) is 27.8 Å². The van der Waals surface area contributed by atoms with Gasteiger partial charge < -0.3 is 10.1 Å². The van der Waals surface area contributed by atoms with Crippen molar-refractivity contribution in [1.29, 1.82) is 0 Å². The summed E-state index contributed by atoms with van der Waals surface area (Å²) in [5.74, 6) is 0.667. The van der Waals surface area contributed by atoms with Crippen LogP contribution in [0, 0.1) is 20.8 Å². The number of aromatic nitrogens is 3. The van der Waals surface area contributed by atoms with Gasteiger partial charge in [-0.15, -0.1) is 0 Å². The van der Waals surface area contributed by atoms with Crippen LogP contribution in [0.5, 0.6) is 5.75 Å². The maximum absolute atomic E-state index is 12.7. The molecule has 0 aliphatic carbocycles. The van der Waals surface area contributed by atoms with Gasteiger partial charge in [0.15, 0.2) is 5.65 Å². The average molecular weight is 400 g/mol. The molecule has 0 unspecified atom stereocenters. The van der Waals surface area contributed by atoms with Crippen molar-refractivity contribution >= 4 is 22.6 Å².